The van der Waals surface area contributed by atoms with Crippen molar-refractivity contribution in [2.24, 2.45) is 0 Å². The molecule has 0 bridgehead atoms. The second kappa shape index (κ2) is 5.84. The van der Waals surface area contributed by atoms with Gasteiger partial charge in [0.25, 0.3) is 0 Å². The summed E-state index contributed by atoms with van der Waals surface area (Å²) in [5.74, 6) is 0.788. The van der Waals surface area contributed by atoms with Gasteiger partial charge in [-0.15, -0.1) is 0 Å². The highest BCUT2D eigenvalue weighted by molar-refractivity contribution is 6.30. The minimum Gasteiger partial charge on any atom is -0.443 e. The Morgan fingerprint density at radius 2 is 2.29 bits per heavy atom. The Morgan fingerprint density at radius 1 is 1.41 bits per heavy atom. The second-order valence-electron chi connectivity index (χ2n) is 3.82. The maximum absolute atomic E-state index is 5.96. The van der Waals surface area contributed by atoms with Gasteiger partial charge >= 0.3 is 0 Å². The van der Waals surface area contributed by atoms with E-state index in [2.05, 4.69) is 17.2 Å². The quantitative estimate of drug-likeness (QED) is 0.826. The summed E-state index contributed by atoms with van der Waals surface area (Å²) >= 11 is 5.96. The minimum atomic E-state index is 0.700. The van der Waals surface area contributed by atoms with Gasteiger partial charge < -0.3 is 9.73 Å². The van der Waals surface area contributed by atoms with E-state index >= 15 is 0 Å². The molecule has 0 spiro atoms. The van der Waals surface area contributed by atoms with Gasteiger partial charge in [-0.1, -0.05) is 30.7 Å². The van der Waals surface area contributed by atoms with E-state index in [4.69, 9.17) is 16.0 Å². The van der Waals surface area contributed by atoms with Crippen LogP contribution in [0.2, 0.25) is 5.02 Å². The van der Waals surface area contributed by atoms with E-state index in [0.717, 1.165) is 30.0 Å². The fraction of sp³-hybridized carbons (Fsp3) is 0.308. The molecule has 1 aromatic heterocycles. The smallest absolute Gasteiger partial charge is 0.181 e. The maximum atomic E-state index is 5.96. The monoisotopic (exact) mass is 250 g/mol. The lowest BCUT2D eigenvalue weighted by Gasteiger charge is -2.03. The molecule has 0 saturated carbocycles. The van der Waals surface area contributed by atoms with Crippen molar-refractivity contribution < 1.29 is 4.42 Å². The van der Waals surface area contributed by atoms with Gasteiger partial charge in [0.05, 0.1) is 0 Å². The number of benzene rings is 1. The molecule has 17 heavy (non-hydrogen) atoms. The van der Waals surface area contributed by atoms with Gasteiger partial charge in [0.1, 0.15) is 5.69 Å². The molecular weight excluding hydrogens is 236 g/mol. The van der Waals surface area contributed by atoms with Crippen molar-refractivity contribution in [3.8, 4) is 11.3 Å². The SMILES string of the molecule is CCCNCc1ncoc1-c1cccc(Cl)c1. The third-order valence-corrected chi connectivity index (χ3v) is 2.68. The molecule has 1 aromatic carbocycles. The van der Waals surface area contributed by atoms with Crippen LogP contribution in [0.5, 0.6) is 0 Å². The predicted octanol–water partition coefficient (Wildman–Crippen LogP) is 3.49. The van der Waals surface area contributed by atoms with Crippen LogP contribution in [-0.2, 0) is 6.54 Å². The molecule has 0 saturated heterocycles. The Labute approximate surface area is 106 Å². The van der Waals surface area contributed by atoms with E-state index in [9.17, 15) is 0 Å². The van der Waals surface area contributed by atoms with Gasteiger partial charge in [-0.2, -0.15) is 0 Å². The number of hydrogen-bond acceptors (Lipinski definition) is 3. The van der Waals surface area contributed by atoms with E-state index in [1.54, 1.807) is 0 Å². The highest BCUT2D eigenvalue weighted by atomic mass is 35.5. The number of aromatic nitrogens is 1. The van der Waals surface area contributed by atoms with Crippen LogP contribution in [-0.4, -0.2) is 11.5 Å². The summed E-state index contributed by atoms with van der Waals surface area (Å²) in [5, 5.41) is 4.01. The maximum Gasteiger partial charge on any atom is 0.181 e. The topological polar surface area (TPSA) is 38.1 Å². The molecule has 3 nitrogen and oxygen atoms in total. The Hall–Kier alpha value is -1.32. The Balaban J connectivity index is 2.18. The average molecular weight is 251 g/mol. The van der Waals surface area contributed by atoms with Crippen LogP contribution in [0.15, 0.2) is 35.1 Å². The van der Waals surface area contributed by atoms with Crippen molar-refractivity contribution in [1.82, 2.24) is 10.3 Å². The molecule has 4 heteroatoms. The van der Waals surface area contributed by atoms with Crippen LogP contribution in [0, 0.1) is 0 Å². The van der Waals surface area contributed by atoms with E-state index in [0.29, 0.717) is 11.6 Å². The first-order chi connectivity index (χ1) is 8.31. The zero-order valence-corrected chi connectivity index (χ0v) is 10.5. The van der Waals surface area contributed by atoms with Gasteiger partial charge in [0, 0.05) is 17.1 Å². The molecule has 0 atom stereocenters. The Morgan fingerprint density at radius 3 is 3.06 bits per heavy atom. The molecule has 0 aliphatic rings. The van der Waals surface area contributed by atoms with Crippen LogP contribution in [0.4, 0.5) is 0 Å². The molecule has 90 valence electrons. The third-order valence-electron chi connectivity index (χ3n) is 2.45. The van der Waals surface area contributed by atoms with E-state index in [-0.39, 0.29) is 0 Å². The number of oxazole rings is 1. The first-order valence-electron chi connectivity index (χ1n) is 5.70. The van der Waals surface area contributed by atoms with Gasteiger partial charge in [-0.05, 0) is 25.1 Å². The van der Waals surface area contributed by atoms with Crippen LogP contribution < -0.4 is 5.32 Å². The van der Waals surface area contributed by atoms with E-state index in [1.165, 1.54) is 6.39 Å². The first-order valence-corrected chi connectivity index (χ1v) is 6.08. The van der Waals surface area contributed by atoms with Crippen LogP contribution in [0.1, 0.15) is 19.0 Å². The van der Waals surface area contributed by atoms with Crippen molar-refractivity contribution in [2.75, 3.05) is 6.54 Å². The van der Waals surface area contributed by atoms with Crippen molar-refractivity contribution in [2.45, 2.75) is 19.9 Å². The van der Waals surface area contributed by atoms with Gasteiger partial charge in [0.2, 0.25) is 0 Å². The molecule has 1 heterocycles. The highest BCUT2D eigenvalue weighted by Gasteiger charge is 2.10. The van der Waals surface area contributed by atoms with Crippen molar-refractivity contribution in [1.29, 1.82) is 0 Å². The Bertz CT molecular complexity index is 482. The number of hydrogen-bond donors (Lipinski definition) is 1. The molecule has 0 fully saturated rings. The number of nitrogens with zero attached hydrogens (tertiary/aromatic N) is 1. The Kier molecular flexibility index (Phi) is 4.18. The second-order valence-corrected chi connectivity index (χ2v) is 4.25. The average Bonchev–Trinajstić information content (AvgIpc) is 2.78. The fourth-order valence-corrected chi connectivity index (χ4v) is 1.83. The molecular formula is C13H15ClN2O. The van der Waals surface area contributed by atoms with Crippen LogP contribution in [0.25, 0.3) is 11.3 Å². The van der Waals surface area contributed by atoms with Gasteiger partial charge in [0.15, 0.2) is 12.2 Å². The molecule has 2 rings (SSSR count). The lowest BCUT2D eigenvalue weighted by molar-refractivity contribution is 0.569. The third kappa shape index (κ3) is 3.08. The summed E-state index contributed by atoms with van der Waals surface area (Å²) in [6.45, 7) is 3.82. The molecule has 0 amide bonds. The van der Waals surface area contributed by atoms with Crippen LogP contribution in [0.3, 0.4) is 0 Å². The van der Waals surface area contributed by atoms with Gasteiger partial charge in [-0.3, -0.25) is 0 Å². The van der Waals surface area contributed by atoms with E-state index < -0.39 is 0 Å². The minimum absolute atomic E-state index is 0.700. The molecule has 1 N–H and O–H groups in total. The van der Waals surface area contributed by atoms with Crippen molar-refractivity contribution >= 4 is 11.6 Å². The summed E-state index contributed by atoms with van der Waals surface area (Å²) in [7, 11) is 0. The first kappa shape index (κ1) is 12.1. The molecule has 0 aliphatic carbocycles. The van der Waals surface area contributed by atoms with Crippen LogP contribution >= 0.6 is 11.6 Å². The lowest BCUT2D eigenvalue weighted by Crippen LogP contribution is -2.14. The number of nitrogens with one attached hydrogen (secondary N) is 1. The number of rotatable bonds is 5. The zero-order valence-electron chi connectivity index (χ0n) is 9.74. The molecule has 0 aliphatic heterocycles. The highest BCUT2D eigenvalue weighted by Crippen LogP contribution is 2.25. The lowest BCUT2D eigenvalue weighted by atomic mass is 10.1. The summed E-state index contributed by atoms with van der Waals surface area (Å²) in [5.41, 5.74) is 1.88. The summed E-state index contributed by atoms with van der Waals surface area (Å²) in [6, 6.07) is 7.60. The zero-order chi connectivity index (χ0) is 12.1. The van der Waals surface area contributed by atoms with Crippen molar-refractivity contribution in [3.05, 3.63) is 41.4 Å². The largest absolute Gasteiger partial charge is 0.443 e. The standard InChI is InChI=1S/C13H15ClN2O/c1-2-6-15-8-12-13(17-9-16-12)10-4-3-5-11(14)7-10/h3-5,7,9,15H,2,6,8H2,1H3. The number of halogens is 1. The summed E-state index contributed by atoms with van der Waals surface area (Å²) in [4.78, 5) is 4.22. The van der Waals surface area contributed by atoms with E-state index in [1.807, 2.05) is 24.3 Å². The van der Waals surface area contributed by atoms with Crippen molar-refractivity contribution in [3.63, 3.8) is 0 Å². The summed E-state index contributed by atoms with van der Waals surface area (Å²) < 4.78 is 5.43. The predicted molar refractivity (Wildman–Crippen MR) is 68.9 cm³/mol. The fourth-order valence-electron chi connectivity index (χ4n) is 1.64. The normalized spacial score (nSPS) is 10.7. The molecule has 2 aromatic rings. The van der Waals surface area contributed by atoms with Gasteiger partial charge in [-0.25, -0.2) is 4.98 Å². The summed E-state index contributed by atoms with van der Waals surface area (Å²) in [6.07, 6.45) is 2.57. The molecule has 0 unspecified atom stereocenters. The molecule has 0 radical (unpaired) electrons.